The van der Waals surface area contributed by atoms with Gasteiger partial charge in [-0.05, 0) is 35.9 Å². The molecule has 27 heavy (non-hydrogen) atoms. The molecule has 5 rings (SSSR count). The van der Waals surface area contributed by atoms with Gasteiger partial charge in [-0.15, -0.1) is 22.7 Å². The van der Waals surface area contributed by atoms with Crippen molar-refractivity contribution in [1.29, 1.82) is 0 Å². The minimum absolute atomic E-state index is 0.0380. The first kappa shape index (κ1) is 16.9. The van der Waals surface area contributed by atoms with Crippen LogP contribution in [0.2, 0.25) is 0 Å². The summed E-state index contributed by atoms with van der Waals surface area (Å²) in [4.78, 5) is 25.1. The molecule has 1 aliphatic rings. The van der Waals surface area contributed by atoms with Crippen LogP contribution in [0.25, 0.3) is 20.7 Å². The highest BCUT2D eigenvalue weighted by molar-refractivity contribution is 7.18. The highest BCUT2D eigenvalue weighted by atomic mass is 32.1. The van der Waals surface area contributed by atoms with E-state index in [1.807, 2.05) is 22.9 Å². The van der Waals surface area contributed by atoms with E-state index in [9.17, 15) is 4.79 Å². The van der Waals surface area contributed by atoms with Gasteiger partial charge in [0.05, 0.1) is 11.4 Å². The number of hydrogen-bond donors (Lipinski definition) is 1. The van der Waals surface area contributed by atoms with Gasteiger partial charge in [0.1, 0.15) is 10.7 Å². The van der Waals surface area contributed by atoms with Crippen molar-refractivity contribution in [2.75, 3.05) is 6.54 Å². The molecule has 0 amide bonds. The lowest BCUT2D eigenvalue weighted by molar-refractivity contribution is 0.185. The summed E-state index contributed by atoms with van der Waals surface area (Å²) in [6.45, 7) is 4.00. The average Bonchev–Trinajstić information content (AvgIpc) is 3.36. The molecule has 1 aliphatic heterocycles. The summed E-state index contributed by atoms with van der Waals surface area (Å²) < 4.78 is 0. The fourth-order valence-corrected chi connectivity index (χ4v) is 5.57. The van der Waals surface area contributed by atoms with Crippen molar-refractivity contribution in [2.45, 2.75) is 25.9 Å². The predicted molar refractivity (Wildman–Crippen MR) is 113 cm³/mol. The second kappa shape index (κ2) is 6.71. The Morgan fingerprint density at radius 1 is 1.15 bits per heavy atom. The number of thiophene rings is 2. The molecule has 3 aromatic heterocycles. The van der Waals surface area contributed by atoms with E-state index in [0.717, 1.165) is 40.6 Å². The third-order valence-electron chi connectivity index (χ3n) is 5.35. The Morgan fingerprint density at radius 2 is 2.00 bits per heavy atom. The van der Waals surface area contributed by atoms with Crippen molar-refractivity contribution in [2.24, 2.45) is 0 Å². The quantitative estimate of drug-likeness (QED) is 0.542. The summed E-state index contributed by atoms with van der Waals surface area (Å²) in [5.41, 5.74) is 3.75. The van der Waals surface area contributed by atoms with Gasteiger partial charge in [-0.2, -0.15) is 0 Å². The largest absolute Gasteiger partial charge is 0.309 e. The van der Waals surface area contributed by atoms with Crippen LogP contribution >= 0.6 is 22.7 Å². The minimum Gasteiger partial charge on any atom is -0.309 e. The Labute approximate surface area is 165 Å². The fraction of sp³-hybridized carbons (Fsp3) is 0.238. The Kier molecular flexibility index (Phi) is 4.19. The third kappa shape index (κ3) is 2.94. The predicted octanol–water partition coefficient (Wildman–Crippen LogP) is 4.83. The van der Waals surface area contributed by atoms with Crippen molar-refractivity contribution in [1.82, 2.24) is 14.9 Å². The van der Waals surface area contributed by atoms with Gasteiger partial charge < -0.3 is 4.98 Å². The van der Waals surface area contributed by atoms with Crippen LogP contribution in [0.3, 0.4) is 0 Å². The number of H-pyrrole nitrogens is 1. The zero-order valence-electron chi connectivity index (χ0n) is 14.9. The number of fused-ring (bicyclic) bond motifs is 2. The van der Waals surface area contributed by atoms with Crippen molar-refractivity contribution in [3.63, 3.8) is 0 Å². The van der Waals surface area contributed by atoms with Gasteiger partial charge in [-0.25, -0.2) is 4.98 Å². The number of nitrogens with one attached hydrogen (secondary N) is 1. The zero-order valence-corrected chi connectivity index (χ0v) is 16.6. The van der Waals surface area contributed by atoms with Crippen LogP contribution < -0.4 is 5.56 Å². The van der Waals surface area contributed by atoms with Crippen LogP contribution in [0.15, 0.2) is 52.0 Å². The monoisotopic (exact) mass is 393 g/mol. The molecule has 0 saturated heterocycles. The molecule has 0 radical (unpaired) electrons. The normalized spacial score (nSPS) is 15.7. The van der Waals surface area contributed by atoms with Gasteiger partial charge in [0.2, 0.25) is 0 Å². The molecule has 0 bridgehead atoms. The minimum atomic E-state index is -0.0380. The molecule has 136 valence electrons. The first-order chi connectivity index (χ1) is 13.2. The van der Waals surface area contributed by atoms with Crippen molar-refractivity contribution >= 4 is 32.9 Å². The lowest BCUT2D eigenvalue weighted by Gasteiger charge is -2.33. The number of benzene rings is 1. The smallest absolute Gasteiger partial charge is 0.260 e. The van der Waals surface area contributed by atoms with Gasteiger partial charge in [0.15, 0.2) is 0 Å². The molecule has 1 aromatic carbocycles. The lowest BCUT2D eigenvalue weighted by Crippen LogP contribution is -2.34. The van der Waals surface area contributed by atoms with Crippen molar-refractivity contribution in [3.8, 4) is 10.4 Å². The Hall–Kier alpha value is -2.28. The molecule has 0 spiro atoms. The molecule has 1 atom stereocenters. The fourth-order valence-electron chi connectivity index (χ4n) is 3.80. The van der Waals surface area contributed by atoms with E-state index >= 15 is 0 Å². The second-order valence-electron chi connectivity index (χ2n) is 6.92. The first-order valence-electron chi connectivity index (χ1n) is 9.07. The summed E-state index contributed by atoms with van der Waals surface area (Å²) in [7, 11) is 0. The molecule has 4 nitrogen and oxygen atoms in total. The molecule has 0 saturated carbocycles. The summed E-state index contributed by atoms with van der Waals surface area (Å²) in [6.07, 6.45) is 1.04. The Balaban J connectivity index is 1.50. The van der Waals surface area contributed by atoms with Crippen LogP contribution in [0.5, 0.6) is 0 Å². The molecular formula is C21H19N3OS2. The highest BCUT2D eigenvalue weighted by Crippen LogP contribution is 2.34. The van der Waals surface area contributed by atoms with E-state index in [2.05, 4.69) is 41.1 Å². The van der Waals surface area contributed by atoms with Crippen molar-refractivity contribution < 1.29 is 0 Å². The molecular weight excluding hydrogens is 374 g/mol. The lowest BCUT2D eigenvalue weighted by atomic mass is 9.99. The van der Waals surface area contributed by atoms with Crippen LogP contribution in [0.4, 0.5) is 0 Å². The van der Waals surface area contributed by atoms with Crippen LogP contribution in [0, 0.1) is 0 Å². The molecule has 0 fully saturated rings. The number of nitrogens with zero attached hydrogens (tertiary/aromatic N) is 2. The van der Waals surface area contributed by atoms with Crippen LogP contribution in [-0.2, 0) is 13.0 Å². The van der Waals surface area contributed by atoms with E-state index in [4.69, 9.17) is 4.98 Å². The van der Waals surface area contributed by atoms with E-state index in [1.54, 1.807) is 22.7 Å². The molecule has 4 aromatic rings. The highest BCUT2D eigenvalue weighted by Gasteiger charge is 2.24. The van der Waals surface area contributed by atoms with E-state index in [0.29, 0.717) is 5.39 Å². The van der Waals surface area contributed by atoms with E-state index in [1.165, 1.54) is 11.1 Å². The SMILES string of the molecule is CC(c1nc2scc(-c3cccs3)c2c(=O)[nH]1)N1CCc2ccccc2C1. The summed E-state index contributed by atoms with van der Waals surface area (Å²) in [5, 5.41) is 4.79. The summed E-state index contributed by atoms with van der Waals surface area (Å²) in [5.74, 6) is 0.756. The van der Waals surface area contributed by atoms with Crippen LogP contribution in [-0.4, -0.2) is 21.4 Å². The molecule has 1 unspecified atom stereocenters. The number of aromatic amines is 1. The average molecular weight is 394 g/mol. The van der Waals surface area contributed by atoms with Crippen LogP contribution in [0.1, 0.15) is 29.9 Å². The molecule has 1 N–H and O–H groups in total. The second-order valence-corrected chi connectivity index (χ2v) is 8.73. The molecule has 0 aliphatic carbocycles. The maximum atomic E-state index is 12.9. The van der Waals surface area contributed by atoms with Gasteiger partial charge in [0.25, 0.3) is 5.56 Å². The van der Waals surface area contributed by atoms with Gasteiger partial charge in [0, 0.05) is 28.9 Å². The summed E-state index contributed by atoms with van der Waals surface area (Å²) in [6, 6.07) is 12.7. The van der Waals surface area contributed by atoms with E-state index in [-0.39, 0.29) is 11.6 Å². The maximum absolute atomic E-state index is 12.9. The maximum Gasteiger partial charge on any atom is 0.260 e. The van der Waals surface area contributed by atoms with Gasteiger partial charge in [-0.3, -0.25) is 9.69 Å². The number of hydrogen-bond acceptors (Lipinski definition) is 5. The third-order valence-corrected chi connectivity index (χ3v) is 7.13. The Bertz CT molecular complexity index is 1160. The molecule has 6 heteroatoms. The van der Waals surface area contributed by atoms with Gasteiger partial charge >= 0.3 is 0 Å². The van der Waals surface area contributed by atoms with Gasteiger partial charge in [-0.1, -0.05) is 30.3 Å². The zero-order chi connectivity index (χ0) is 18.4. The topological polar surface area (TPSA) is 49.0 Å². The first-order valence-corrected chi connectivity index (χ1v) is 10.8. The summed E-state index contributed by atoms with van der Waals surface area (Å²) >= 11 is 3.20. The van der Waals surface area contributed by atoms with E-state index < -0.39 is 0 Å². The Morgan fingerprint density at radius 3 is 2.81 bits per heavy atom. The number of aromatic nitrogens is 2. The van der Waals surface area contributed by atoms with Crippen molar-refractivity contribution in [3.05, 3.63) is 74.5 Å². The standard InChI is InChI=1S/C21H19N3OS2/c1-13(24-9-8-14-5-2-3-6-15(14)11-24)19-22-20(25)18-16(12-27-21(18)23-19)17-7-4-10-26-17/h2-7,10,12-13H,8-9,11H2,1H3,(H,22,23,25). The number of rotatable bonds is 3. The molecule has 4 heterocycles.